The minimum atomic E-state index is -4.65. The molecule has 6 heteroatoms. The summed E-state index contributed by atoms with van der Waals surface area (Å²) in [7, 11) is 4.00. The molecule has 0 radical (unpaired) electrons. The molecule has 0 aromatic heterocycles. The summed E-state index contributed by atoms with van der Waals surface area (Å²) in [5, 5.41) is 3.34. The average Bonchev–Trinajstić information content (AvgIpc) is 2.34. The van der Waals surface area contributed by atoms with Gasteiger partial charge in [0.1, 0.15) is 5.75 Å². The highest BCUT2D eigenvalue weighted by molar-refractivity contribution is 5.29. The van der Waals surface area contributed by atoms with Gasteiger partial charge < -0.3 is 15.0 Å². The fraction of sp³-hybridized carbons (Fsp3) is 0.571. The number of nitrogens with zero attached hydrogens (tertiary/aromatic N) is 1. The van der Waals surface area contributed by atoms with Crippen LogP contribution in [-0.2, 0) is 0 Å². The van der Waals surface area contributed by atoms with E-state index in [1.54, 1.807) is 12.1 Å². The van der Waals surface area contributed by atoms with Gasteiger partial charge >= 0.3 is 6.36 Å². The smallest absolute Gasteiger partial charge is 0.406 e. The van der Waals surface area contributed by atoms with Crippen LogP contribution in [0, 0.1) is 0 Å². The largest absolute Gasteiger partial charge is 0.573 e. The summed E-state index contributed by atoms with van der Waals surface area (Å²) in [4.78, 5) is 2.10. The Balaban J connectivity index is 2.55. The van der Waals surface area contributed by atoms with Gasteiger partial charge in [-0.15, -0.1) is 13.2 Å². The van der Waals surface area contributed by atoms with E-state index in [0.717, 1.165) is 12.1 Å². The van der Waals surface area contributed by atoms with Crippen LogP contribution in [0.1, 0.15) is 25.5 Å². The van der Waals surface area contributed by atoms with Crippen molar-refractivity contribution >= 4 is 0 Å². The number of alkyl halides is 3. The molecular weight excluding hydrogens is 269 g/mol. The van der Waals surface area contributed by atoms with Crippen LogP contribution >= 0.6 is 0 Å². The SMILES string of the molecule is CC(NCC(C)N(C)C)c1ccc(OC(F)(F)F)cc1. The molecule has 0 spiro atoms. The molecule has 2 unspecified atom stereocenters. The summed E-state index contributed by atoms with van der Waals surface area (Å²) in [6.45, 7) is 4.87. The second kappa shape index (κ2) is 6.95. The van der Waals surface area contributed by atoms with Gasteiger partial charge in [0.2, 0.25) is 0 Å². The molecule has 0 bridgehead atoms. The zero-order valence-electron chi connectivity index (χ0n) is 12.2. The van der Waals surface area contributed by atoms with Crippen molar-refractivity contribution < 1.29 is 17.9 Å². The summed E-state index contributed by atoms with van der Waals surface area (Å²) < 4.78 is 40.0. The third-order valence-corrected chi connectivity index (χ3v) is 3.21. The van der Waals surface area contributed by atoms with Crippen molar-refractivity contribution in [1.29, 1.82) is 0 Å². The third kappa shape index (κ3) is 5.79. The number of rotatable bonds is 6. The fourth-order valence-corrected chi connectivity index (χ4v) is 1.61. The van der Waals surface area contributed by atoms with Crippen molar-refractivity contribution in [2.45, 2.75) is 32.3 Å². The lowest BCUT2D eigenvalue weighted by atomic mass is 10.1. The van der Waals surface area contributed by atoms with Gasteiger partial charge in [-0.3, -0.25) is 0 Å². The Labute approximate surface area is 117 Å². The Morgan fingerprint density at radius 1 is 1.15 bits per heavy atom. The molecule has 0 heterocycles. The molecule has 1 rings (SSSR count). The van der Waals surface area contributed by atoms with E-state index < -0.39 is 6.36 Å². The van der Waals surface area contributed by atoms with Crippen LogP contribution in [0.25, 0.3) is 0 Å². The number of hydrogen-bond acceptors (Lipinski definition) is 3. The first-order valence-electron chi connectivity index (χ1n) is 6.44. The summed E-state index contributed by atoms with van der Waals surface area (Å²) in [5.74, 6) is -0.199. The predicted octanol–water partition coefficient (Wildman–Crippen LogP) is 3.19. The molecule has 1 N–H and O–H groups in total. The average molecular weight is 290 g/mol. The van der Waals surface area contributed by atoms with E-state index in [1.165, 1.54) is 12.1 Å². The van der Waals surface area contributed by atoms with Crippen molar-refractivity contribution in [3.63, 3.8) is 0 Å². The molecule has 1 aromatic rings. The first kappa shape index (κ1) is 16.8. The van der Waals surface area contributed by atoms with Crippen molar-refractivity contribution in [3.8, 4) is 5.75 Å². The van der Waals surface area contributed by atoms with Crippen LogP contribution < -0.4 is 10.1 Å². The summed E-state index contributed by atoms with van der Waals surface area (Å²) in [6.07, 6.45) is -4.65. The third-order valence-electron chi connectivity index (χ3n) is 3.21. The second-order valence-electron chi connectivity index (χ2n) is 5.06. The maximum absolute atomic E-state index is 12.0. The molecular formula is C14H21F3N2O. The Morgan fingerprint density at radius 3 is 2.15 bits per heavy atom. The van der Waals surface area contributed by atoms with Gasteiger partial charge in [-0.1, -0.05) is 12.1 Å². The van der Waals surface area contributed by atoms with Gasteiger partial charge in [0, 0.05) is 18.6 Å². The molecule has 114 valence electrons. The Morgan fingerprint density at radius 2 is 1.70 bits per heavy atom. The maximum Gasteiger partial charge on any atom is 0.573 e. The van der Waals surface area contributed by atoms with E-state index in [4.69, 9.17) is 0 Å². The van der Waals surface area contributed by atoms with Crippen LogP contribution in [0.2, 0.25) is 0 Å². The van der Waals surface area contributed by atoms with Gasteiger partial charge in [0.25, 0.3) is 0 Å². The van der Waals surface area contributed by atoms with E-state index in [9.17, 15) is 13.2 Å². The minimum absolute atomic E-state index is 0.0670. The van der Waals surface area contributed by atoms with E-state index in [2.05, 4.69) is 21.9 Å². The zero-order chi connectivity index (χ0) is 15.3. The highest BCUT2D eigenvalue weighted by Crippen LogP contribution is 2.24. The van der Waals surface area contributed by atoms with Crippen LogP contribution in [0.15, 0.2) is 24.3 Å². The number of halogens is 3. The molecule has 0 aliphatic heterocycles. The number of ether oxygens (including phenoxy) is 1. The first-order valence-corrected chi connectivity index (χ1v) is 6.44. The quantitative estimate of drug-likeness (QED) is 0.871. The molecule has 1 aromatic carbocycles. The summed E-state index contributed by atoms with van der Waals surface area (Å²) >= 11 is 0. The van der Waals surface area contributed by atoms with Gasteiger partial charge in [-0.05, 0) is 45.6 Å². The topological polar surface area (TPSA) is 24.5 Å². The van der Waals surface area contributed by atoms with Crippen LogP contribution in [0.5, 0.6) is 5.75 Å². The van der Waals surface area contributed by atoms with Crippen LogP contribution in [-0.4, -0.2) is 37.9 Å². The van der Waals surface area contributed by atoms with E-state index in [0.29, 0.717) is 6.04 Å². The van der Waals surface area contributed by atoms with E-state index >= 15 is 0 Å². The highest BCUT2D eigenvalue weighted by atomic mass is 19.4. The van der Waals surface area contributed by atoms with Crippen LogP contribution in [0.4, 0.5) is 13.2 Å². The Kier molecular flexibility index (Phi) is 5.83. The molecule has 0 saturated carbocycles. The standard InChI is InChI=1S/C14H21F3N2O/c1-10(19(3)4)9-18-11(2)12-5-7-13(8-6-12)20-14(15,16)17/h5-8,10-11,18H,9H2,1-4H3. The van der Waals surface area contributed by atoms with Gasteiger partial charge in [0.15, 0.2) is 0 Å². The molecule has 3 nitrogen and oxygen atoms in total. The van der Waals surface area contributed by atoms with Crippen molar-refractivity contribution in [2.24, 2.45) is 0 Å². The number of benzene rings is 1. The Hall–Kier alpha value is -1.27. The van der Waals surface area contributed by atoms with Gasteiger partial charge in [-0.25, -0.2) is 0 Å². The summed E-state index contributed by atoms with van der Waals surface area (Å²) in [5.41, 5.74) is 0.922. The fourth-order valence-electron chi connectivity index (χ4n) is 1.61. The number of hydrogen-bond donors (Lipinski definition) is 1. The molecule has 2 atom stereocenters. The van der Waals surface area contributed by atoms with E-state index in [1.807, 2.05) is 21.0 Å². The number of nitrogens with one attached hydrogen (secondary N) is 1. The normalized spacial score (nSPS) is 15.2. The molecule has 0 aliphatic rings. The van der Waals surface area contributed by atoms with Crippen molar-refractivity contribution in [1.82, 2.24) is 10.2 Å². The zero-order valence-corrected chi connectivity index (χ0v) is 12.2. The van der Waals surface area contributed by atoms with Crippen LogP contribution in [0.3, 0.4) is 0 Å². The number of likely N-dealkylation sites (N-methyl/N-ethyl adjacent to an activating group) is 1. The van der Waals surface area contributed by atoms with Gasteiger partial charge in [-0.2, -0.15) is 0 Å². The van der Waals surface area contributed by atoms with Crippen molar-refractivity contribution in [2.75, 3.05) is 20.6 Å². The Bertz CT molecular complexity index is 404. The minimum Gasteiger partial charge on any atom is -0.406 e. The molecule has 0 amide bonds. The lowest BCUT2D eigenvalue weighted by Crippen LogP contribution is -2.36. The monoisotopic (exact) mass is 290 g/mol. The van der Waals surface area contributed by atoms with Gasteiger partial charge in [0.05, 0.1) is 0 Å². The van der Waals surface area contributed by atoms with E-state index in [-0.39, 0.29) is 11.8 Å². The highest BCUT2D eigenvalue weighted by Gasteiger charge is 2.30. The molecule has 0 saturated heterocycles. The predicted molar refractivity (Wildman–Crippen MR) is 72.7 cm³/mol. The second-order valence-corrected chi connectivity index (χ2v) is 5.06. The lowest BCUT2D eigenvalue weighted by molar-refractivity contribution is -0.274. The molecule has 0 aliphatic carbocycles. The molecule has 20 heavy (non-hydrogen) atoms. The maximum atomic E-state index is 12.0. The first-order chi connectivity index (χ1) is 9.19. The van der Waals surface area contributed by atoms with Crippen molar-refractivity contribution in [3.05, 3.63) is 29.8 Å². The molecule has 0 fully saturated rings. The summed E-state index contributed by atoms with van der Waals surface area (Å²) in [6, 6.07) is 6.38. The lowest BCUT2D eigenvalue weighted by Gasteiger charge is -2.23.